The number of aliphatic hydroxyl groups excluding tert-OH is 1. The van der Waals surface area contributed by atoms with Crippen LogP contribution < -0.4 is 0 Å². The van der Waals surface area contributed by atoms with E-state index in [2.05, 4.69) is 135 Å². The van der Waals surface area contributed by atoms with E-state index in [1.54, 1.807) is 0 Å². The molecule has 0 aliphatic carbocycles. The van der Waals surface area contributed by atoms with Crippen molar-refractivity contribution in [1.29, 1.82) is 0 Å². The van der Waals surface area contributed by atoms with Gasteiger partial charge in [-0.15, -0.1) is 0 Å². The number of ether oxygens (including phenoxy) is 2. The van der Waals surface area contributed by atoms with Crippen LogP contribution in [0, 0.1) is 0 Å². The molecule has 0 aromatic carbocycles. The molecule has 0 bridgehead atoms. The minimum Gasteiger partial charge on any atom is -0.462 e. The molecule has 0 radical (unpaired) electrons. The molecular weight excluding hydrogens is 885 g/mol. The first kappa shape index (κ1) is 68.3. The smallest absolute Gasteiger partial charge is 0.306 e. The Balaban J connectivity index is 3.51. The quantitative estimate of drug-likeness (QED) is 0.0373. The van der Waals surface area contributed by atoms with Crippen molar-refractivity contribution in [2.45, 2.75) is 277 Å². The van der Waals surface area contributed by atoms with Crippen LogP contribution in [0.1, 0.15) is 271 Å². The van der Waals surface area contributed by atoms with Crippen molar-refractivity contribution < 1.29 is 24.2 Å². The molecule has 72 heavy (non-hydrogen) atoms. The van der Waals surface area contributed by atoms with Crippen LogP contribution in [-0.2, 0) is 19.1 Å². The number of allylic oxidation sites excluding steroid dienone is 20. The van der Waals surface area contributed by atoms with Gasteiger partial charge in [-0.25, -0.2) is 0 Å². The first-order valence-corrected chi connectivity index (χ1v) is 30.1. The summed E-state index contributed by atoms with van der Waals surface area (Å²) in [4.78, 5) is 24.6. The van der Waals surface area contributed by atoms with Crippen molar-refractivity contribution in [3.8, 4) is 0 Å². The molecule has 0 aliphatic heterocycles. The summed E-state index contributed by atoms with van der Waals surface area (Å²) in [5.41, 5.74) is 0. The Morgan fingerprint density at radius 3 is 0.833 bits per heavy atom. The zero-order valence-corrected chi connectivity index (χ0v) is 46.9. The number of carbonyl (C=O) groups is 2. The maximum absolute atomic E-state index is 12.3. The summed E-state index contributed by atoms with van der Waals surface area (Å²) >= 11 is 0. The van der Waals surface area contributed by atoms with Gasteiger partial charge in [-0.1, -0.05) is 277 Å². The fourth-order valence-electron chi connectivity index (χ4n) is 8.32. The molecule has 0 saturated heterocycles. The Morgan fingerprint density at radius 1 is 0.319 bits per heavy atom. The van der Waals surface area contributed by atoms with Crippen LogP contribution in [-0.4, -0.2) is 36.4 Å². The standard InChI is InChI=1S/C67H112O5/c1-3-5-7-9-11-13-15-17-19-21-23-25-27-29-31-33-35-37-39-41-43-45-47-49-51-53-55-57-59-61-66(69)71-64-65(63-68)72-67(70)62-60-58-56-54-52-50-48-46-44-42-40-38-36-34-32-30-28-26-24-22-20-18-16-14-12-10-8-6-4-2/h5-8,11-14,17-20,23-26,30,32,36,38,65,68H,3-4,9-10,15-16,21-22,27-29,31,33-35,37,39-64H2,1-2H3/b7-5-,8-6-,13-11-,14-12-,19-17-,20-18-,25-23-,26-24-,32-30-,38-36-. The molecule has 1 atom stereocenters. The van der Waals surface area contributed by atoms with Gasteiger partial charge in [0.15, 0.2) is 6.10 Å². The largest absolute Gasteiger partial charge is 0.462 e. The number of unbranched alkanes of at least 4 members (excludes halogenated alkanes) is 26. The Hall–Kier alpha value is -3.70. The first-order chi connectivity index (χ1) is 35.6. The lowest BCUT2D eigenvalue weighted by atomic mass is 10.0. The molecule has 0 fully saturated rings. The van der Waals surface area contributed by atoms with E-state index in [-0.39, 0.29) is 25.2 Å². The third kappa shape index (κ3) is 58.9. The van der Waals surface area contributed by atoms with Crippen molar-refractivity contribution in [1.82, 2.24) is 0 Å². The van der Waals surface area contributed by atoms with Gasteiger partial charge in [0, 0.05) is 12.8 Å². The second-order valence-corrected chi connectivity index (χ2v) is 19.7. The molecule has 1 N–H and O–H groups in total. The molecule has 0 saturated carbocycles. The van der Waals surface area contributed by atoms with Crippen molar-refractivity contribution >= 4 is 11.9 Å². The second-order valence-electron chi connectivity index (χ2n) is 19.7. The number of esters is 2. The maximum Gasteiger partial charge on any atom is 0.306 e. The van der Waals surface area contributed by atoms with E-state index in [1.807, 2.05) is 0 Å². The SMILES string of the molecule is CC/C=C\C/C=C\C/C=C\C/C=C\C/C=C\C/C=C\CCCCCCCCCCCCC(=O)OC(CO)COC(=O)CCCCCCCCCCCCCCCCCC/C=C\C/C=C\C/C=C\C/C=C\CC. The molecule has 0 amide bonds. The molecule has 1 unspecified atom stereocenters. The molecule has 0 heterocycles. The van der Waals surface area contributed by atoms with Crippen LogP contribution in [0.25, 0.3) is 0 Å². The Kier molecular flexibility index (Phi) is 58.4. The third-order valence-corrected chi connectivity index (χ3v) is 12.8. The van der Waals surface area contributed by atoms with E-state index in [1.165, 1.54) is 141 Å². The minimum absolute atomic E-state index is 0.0721. The molecule has 0 spiro atoms. The van der Waals surface area contributed by atoms with Gasteiger partial charge in [-0.05, 0) is 103 Å². The minimum atomic E-state index is -0.783. The number of rotatable bonds is 54. The lowest BCUT2D eigenvalue weighted by Gasteiger charge is -2.15. The van der Waals surface area contributed by atoms with Gasteiger partial charge in [-0.2, -0.15) is 0 Å². The average Bonchev–Trinajstić information content (AvgIpc) is 3.38. The zero-order chi connectivity index (χ0) is 52.0. The van der Waals surface area contributed by atoms with Crippen molar-refractivity contribution in [3.63, 3.8) is 0 Å². The Bertz CT molecular complexity index is 1450. The van der Waals surface area contributed by atoms with Crippen molar-refractivity contribution in [2.75, 3.05) is 13.2 Å². The summed E-state index contributed by atoms with van der Waals surface area (Å²) in [6.07, 6.45) is 90.4. The van der Waals surface area contributed by atoms with Gasteiger partial charge in [0.05, 0.1) is 6.61 Å². The predicted molar refractivity (Wildman–Crippen MR) is 315 cm³/mol. The molecular formula is C67H112O5. The average molecular weight is 998 g/mol. The second kappa shape index (κ2) is 61.6. The molecule has 0 aromatic rings. The van der Waals surface area contributed by atoms with E-state index in [0.29, 0.717) is 12.8 Å². The first-order valence-electron chi connectivity index (χ1n) is 30.1. The van der Waals surface area contributed by atoms with Gasteiger partial charge in [-0.3, -0.25) is 9.59 Å². The number of aliphatic hydroxyl groups is 1. The normalized spacial score (nSPS) is 13.1. The molecule has 5 heteroatoms. The van der Waals surface area contributed by atoms with E-state index < -0.39 is 6.10 Å². The van der Waals surface area contributed by atoms with Crippen LogP contribution in [0.2, 0.25) is 0 Å². The summed E-state index contributed by atoms with van der Waals surface area (Å²) < 4.78 is 10.7. The lowest BCUT2D eigenvalue weighted by molar-refractivity contribution is -0.161. The summed E-state index contributed by atoms with van der Waals surface area (Å²) in [6, 6.07) is 0. The zero-order valence-electron chi connectivity index (χ0n) is 46.9. The summed E-state index contributed by atoms with van der Waals surface area (Å²) in [6.45, 7) is 3.93. The van der Waals surface area contributed by atoms with Crippen LogP contribution in [0.3, 0.4) is 0 Å². The Labute approximate surface area is 445 Å². The van der Waals surface area contributed by atoms with Crippen LogP contribution in [0.4, 0.5) is 0 Å². The van der Waals surface area contributed by atoms with E-state index >= 15 is 0 Å². The van der Waals surface area contributed by atoms with Gasteiger partial charge in [0.2, 0.25) is 0 Å². The number of hydrogen-bond acceptors (Lipinski definition) is 5. The predicted octanol–water partition coefficient (Wildman–Crippen LogP) is 20.6. The Morgan fingerprint density at radius 2 is 0.556 bits per heavy atom. The highest BCUT2D eigenvalue weighted by Gasteiger charge is 2.16. The van der Waals surface area contributed by atoms with Crippen LogP contribution in [0.15, 0.2) is 122 Å². The highest BCUT2D eigenvalue weighted by molar-refractivity contribution is 5.70. The van der Waals surface area contributed by atoms with Gasteiger partial charge >= 0.3 is 11.9 Å². The van der Waals surface area contributed by atoms with E-state index in [0.717, 1.165) is 103 Å². The molecule has 0 rings (SSSR count). The highest BCUT2D eigenvalue weighted by atomic mass is 16.6. The summed E-state index contributed by atoms with van der Waals surface area (Å²) in [5.74, 6) is -0.594. The summed E-state index contributed by atoms with van der Waals surface area (Å²) in [7, 11) is 0. The number of hydrogen-bond donors (Lipinski definition) is 1. The molecule has 0 aliphatic rings. The lowest BCUT2D eigenvalue weighted by Crippen LogP contribution is -2.28. The molecule has 410 valence electrons. The van der Waals surface area contributed by atoms with Gasteiger partial charge in [0.1, 0.15) is 6.61 Å². The van der Waals surface area contributed by atoms with Crippen LogP contribution in [0.5, 0.6) is 0 Å². The summed E-state index contributed by atoms with van der Waals surface area (Å²) in [5, 5.41) is 9.67. The number of carbonyl (C=O) groups excluding carboxylic acids is 2. The topological polar surface area (TPSA) is 72.8 Å². The molecule has 5 nitrogen and oxygen atoms in total. The van der Waals surface area contributed by atoms with E-state index in [4.69, 9.17) is 9.47 Å². The van der Waals surface area contributed by atoms with Gasteiger partial charge in [0.25, 0.3) is 0 Å². The van der Waals surface area contributed by atoms with Crippen LogP contribution >= 0.6 is 0 Å². The van der Waals surface area contributed by atoms with E-state index in [9.17, 15) is 14.7 Å². The van der Waals surface area contributed by atoms with Gasteiger partial charge < -0.3 is 14.6 Å². The van der Waals surface area contributed by atoms with Crippen molar-refractivity contribution in [3.05, 3.63) is 122 Å². The fourth-order valence-corrected chi connectivity index (χ4v) is 8.32. The third-order valence-electron chi connectivity index (χ3n) is 12.8. The highest BCUT2D eigenvalue weighted by Crippen LogP contribution is 2.16. The fraction of sp³-hybridized carbons (Fsp3) is 0.672. The monoisotopic (exact) mass is 997 g/mol. The van der Waals surface area contributed by atoms with Crippen molar-refractivity contribution in [2.24, 2.45) is 0 Å². The maximum atomic E-state index is 12.3. The molecule has 0 aromatic heterocycles.